The molecule has 2 N–H and O–H groups in total. The van der Waals surface area contributed by atoms with Gasteiger partial charge in [0.2, 0.25) is 0 Å². The molecule has 3 unspecified atom stereocenters. The van der Waals surface area contributed by atoms with Gasteiger partial charge in [-0.1, -0.05) is 0 Å². The van der Waals surface area contributed by atoms with Crippen LogP contribution in [0.2, 0.25) is 0 Å². The zero-order valence-electron chi connectivity index (χ0n) is 14.4. The van der Waals surface area contributed by atoms with Gasteiger partial charge in [-0.15, -0.1) is 0 Å². The largest absolute Gasteiger partial charge is 0.444 e. The van der Waals surface area contributed by atoms with Gasteiger partial charge in [0.15, 0.2) is 5.65 Å². The number of carbonyl (C=O) groups is 1. The van der Waals surface area contributed by atoms with Crippen LogP contribution in [0.4, 0.5) is 10.6 Å². The quantitative estimate of drug-likeness (QED) is 0.663. The Morgan fingerprint density at radius 1 is 1.32 bits per heavy atom. The molecule has 1 saturated heterocycles. The van der Waals surface area contributed by atoms with Crippen LogP contribution in [-0.4, -0.2) is 48.9 Å². The van der Waals surface area contributed by atoms with E-state index in [0.717, 1.165) is 34.1 Å². The average molecular weight is 456 g/mol. The van der Waals surface area contributed by atoms with E-state index in [-0.39, 0.29) is 18.2 Å². The van der Waals surface area contributed by atoms with Gasteiger partial charge in [-0.25, -0.2) is 19.4 Å². The minimum atomic E-state index is -0.496. The molecule has 2 bridgehead atoms. The van der Waals surface area contributed by atoms with Crippen LogP contribution < -0.4 is 5.73 Å². The van der Waals surface area contributed by atoms with E-state index in [2.05, 4.69) is 37.7 Å². The van der Waals surface area contributed by atoms with Gasteiger partial charge < -0.3 is 15.4 Å². The Morgan fingerprint density at radius 3 is 2.72 bits per heavy atom. The van der Waals surface area contributed by atoms with Crippen molar-refractivity contribution in [3.8, 4) is 0 Å². The van der Waals surface area contributed by atoms with Crippen molar-refractivity contribution in [1.82, 2.24) is 24.6 Å². The number of ether oxygens (including phenoxy) is 1. The van der Waals surface area contributed by atoms with Gasteiger partial charge in [-0.05, 0) is 62.1 Å². The van der Waals surface area contributed by atoms with E-state index >= 15 is 0 Å². The number of amides is 1. The Morgan fingerprint density at radius 2 is 2.04 bits per heavy atom. The molecule has 2 fully saturated rings. The van der Waals surface area contributed by atoms with Gasteiger partial charge in [0.05, 0.1) is 17.5 Å². The highest BCUT2D eigenvalue weighted by molar-refractivity contribution is 14.1. The first-order chi connectivity index (χ1) is 11.7. The molecule has 2 aromatic heterocycles. The van der Waals surface area contributed by atoms with Crippen LogP contribution in [0.25, 0.3) is 11.0 Å². The van der Waals surface area contributed by atoms with Crippen molar-refractivity contribution < 1.29 is 9.53 Å². The van der Waals surface area contributed by atoms with Crippen LogP contribution in [0.3, 0.4) is 0 Å². The molecule has 3 heterocycles. The minimum Gasteiger partial charge on any atom is -0.444 e. The summed E-state index contributed by atoms with van der Waals surface area (Å²) in [5.41, 5.74) is 6.23. The van der Waals surface area contributed by atoms with Gasteiger partial charge in [0.25, 0.3) is 0 Å². The van der Waals surface area contributed by atoms with Crippen LogP contribution in [0.15, 0.2) is 6.33 Å². The maximum absolute atomic E-state index is 12.6. The molecule has 1 saturated carbocycles. The van der Waals surface area contributed by atoms with Gasteiger partial charge in [0, 0.05) is 6.54 Å². The molecular formula is C16H21IN6O2. The molecule has 2 aliphatic rings. The topological polar surface area (TPSA) is 99.2 Å². The first-order valence-corrected chi connectivity index (χ1v) is 9.46. The molecule has 1 aliphatic heterocycles. The lowest BCUT2D eigenvalue weighted by Crippen LogP contribution is -2.45. The molecule has 8 nitrogen and oxygen atoms in total. The van der Waals surface area contributed by atoms with Crippen molar-refractivity contribution >= 4 is 45.5 Å². The molecule has 0 spiro atoms. The molecule has 3 atom stereocenters. The van der Waals surface area contributed by atoms with Crippen molar-refractivity contribution in [2.45, 2.75) is 51.3 Å². The maximum Gasteiger partial charge on any atom is 0.410 e. The third-order valence-corrected chi connectivity index (χ3v) is 5.62. The lowest BCUT2D eigenvalue weighted by atomic mass is 10.1. The summed E-state index contributed by atoms with van der Waals surface area (Å²) in [6.45, 7) is 6.42. The molecule has 0 radical (unpaired) electrons. The van der Waals surface area contributed by atoms with Crippen LogP contribution in [0.5, 0.6) is 0 Å². The number of carbonyl (C=O) groups excluding carboxylic acids is 1. The summed E-state index contributed by atoms with van der Waals surface area (Å²) in [5, 5.41) is 5.45. The number of anilines is 1. The number of aromatic nitrogens is 4. The number of nitrogens with zero attached hydrogens (tertiary/aromatic N) is 5. The van der Waals surface area contributed by atoms with Crippen molar-refractivity contribution in [3.63, 3.8) is 0 Å². The molecule has 1 aliphatic carbocycles. The van der Waals surface area contributed by atoms with Crippen LogP contribution in [0.1, 0.15) is 39.7 Å². The Bertz CT molecular complexity index is 845. The van der Waals surface area contributed by atoms with Crippen molar-refractivity contribution in [1.29, 1.82) is 0 Å². The predicted octanol–water partition coefficient (Wildman–Crippen LogP) is 2.58. The highest BCUT2D eigenvalue weighted by atomic mass is 127. The van der Waals surface area contributed by atoms with E-state index in [4.69, 9.17) is 10.5 Å². The number of hydrogen-bond donors (Lipinski definition) is 1. The number of hydrogen-bond acceptors (Lipinski definition) is 6. The third-order valence-electron chi connectivity index (χ3n) is 4.87. The molecule has 1 amide bonds. The second kappa shape index (κ2) is 5.68. The summed E-state index contributed by atoms with van der Waals surface area (Å²) in [6, 6.07) is 0.168. The minimum absolute atomic E-state index is 0.0786. The fourth-order valence-corrected chi connectivity index (χ4v) is 4.72. The Balaban J connectivity index is 1.67. The van der Waals surface area contributed by atoms with Crippen LogP contribution in [0, 0.1) is 9.62 Å². The lowest BCUT2D eigenvalue weighted by molar-refractivity contribution is 0.0135. The van der Waals surface area contributed by atoms with Crippen LogP contribution >= 0.6 is 22.6 Å². The van der Waals surface area contributed by atoms with E-state index in [1.165, 1.54) is 6.33 Å². The number of nitrogen functional groups attached to an aromatic ring is 1. The van der Waals surface area contributed by atoms with Crippen molar-refractivity contribution in [2.24, 2.45) is 5.92 Å². The monoisotopic (exact) mass is 456 g/mol. The van der Waals surface area contributed by atoms with Gasteiger partial charge in [-0.2, -0.15) is 5.10 Å². The number of piperidine rings is 1. The molecule has 2 aromatic rings. The summed E-state index contributed by atoms with van der Waals surface area (Å²) in [6.07, 6.45) is 3.18. The van der Waals surface area contributed by atoms with Gasteiger partial charge in [-0.3, -0.25) is 0 Å². The maximum atomic E-state index is 12.6. The zero-order valence-corrected chi connectivity index (χ0v) is 16.6. The van der Waals surface area contributed by atoms with Gasteiger partial charge >= 0.3 is 6.09 Å². The summed E-state index contributed by atoms with van der Waals surface area (Å²) in [4.78, 5) is 22.9. The van der Waals surface area contributed by atoms with E-state index in [1.807, 2.05) is 30.4 Å². The van der Waals surface area contributed by atoms with Gasteiger partial charge in [0.1, 0.15) is 21.4 Å². The van der Waals surface area contributed by atoms with E-state index < -0.39 is 5.60 Å². The SMILES string of the molecule is CC(C)(C)OC(=O)N1CC2CC1C(n1nc(I)c3c(N)ncnc31)C2. The summed E-state index contributed by atoms with van der Waals surface area (Å²) < 4.78 is 8.30. The van der Waals surface area contributed by atoms with Crippen molar-refractivity contribution in [2.75, 3.05) is 12.3 Å². The normalized spacial score (nSPS) is 25.8. The van der Waals surface area contributed by atoms with E-state index in [1.54, 1.807) is 0 Å². The smallest absolute Gasteiger partial charge is 0.410 e. The summed E-state index contributed by atoms with van der Waals surface area (Å²) in [7, 11) is 0. The zero-order chi connectivity index (χ0) is 17.9. The molecule has 4 rings (SSSR count). The van der Waals surface area contributed by atoms with E-state index in [0.29, 0.717) is 11.7 Å². The number of fused-ring (bicyclic) bond motifs is 3. The average Bonchev–Trinajstić information content (AvgIpc) is 3.18. The Labute approximate surface area is 159 Å². The highest BCUT2D eigenvalue weighted by Crippen LogP contribution is 2.46. The molecule has 9 heteroatoms. The summed E-state index contributed by atoms with van der Waals surface area (Å²) >= 11 is 2.16. The Hall–Kier alpha value is -1.65. The number of rotatable bonds is 1. The third kappa shape index (κ3) is 2.81. The first-order valence-electron chi connectivity index (χ1n) is 8.38. The Kier molecular flexibility index (Phi) is 3.82. The molecule has 25 heavy (non-hydrogen) atoms. The predicted molar refractivity (Wildman–Crippen MR) is 101 cm³/mol. The lowest BCUT2D eigenvalue weighted by Gasteiger charge is -2.34. The number of halogens is 1. The van der Waals surface area contributed by atoms with Crippen molar-refractivity contribution in [3.05, 3.63) is 10.0 Å². The van der Waals surface area contributed by atoms with Crippen LogP contribution in [-0.2, 0) is 4.74 Å². The molecule has 0 aromatic carbocycles. The summed E-state index contributed by atoms with van der Waals surface area (Å²) in [5.74, 6) is 0.909. The number of nitrogens with two attached hydrogens (primary N) is 1. The van der Waals surface area contributed by atoms with E-state index in [9.17, 15) is 4.79 Å². The second-order valence-electron chi connectivity index (χ2n) is 7.80. The second-order valence-corrected chi connectivity index (χ2v) is 8.82. The molecular weight excluding hydrogens is 435 g/mol. The fraction of sp³-hybridized carbons (Fsp3) is 0.625. The molecule has 134 valence electrons. The standard InChI is InChI=1S/C16H21IN6O2/c1-16(2,3)25-15(24)22-6-8-4-9(22)10(5-8)23-14-11(12(17)21-23)13(18)19-7-20-14/h7-10H,4-6H2,1-3H3,(H2,18,19,20). The highest BCUT2D eigenvalue weighted by Gasteiger charge is 2.49. The first kappa shape index (κ1) is 16.8. The fourth-order valence-electron chi connectivity index (χ4n) is 3.97. The number of likely N-dealkylation sites (tertiary alicyclic amines) is 1.